The number of aryl methyl sites for hydroxylation is 1. The molecule has 31 heavy (non-hydrogen) atoms. The summed E-state index contributed by atoms with van der Waals surface area (Å²) in [5, 5.41) is 9.66. The molecule has 3 aromatic rings. The van der Waals surface area contributed by atoms with Crippen LogP contribution in [0.15, 0.2) is 47.8 Å². The van der Waals surface area contributed by atoms with Crippen molar-refractivity contribution in [3.8, 4) is 11.4 Å². The van der Waals surface area contributed by atoms with Gasteiger partial charge in [-0.25, -0.2) is 0 Å². The van der Waals surface area contributed by atoms with Gasteiger partial charge in [-0.05, 0) is 49.2 Å². The van der Waals surface area contributed by atoms with Crippen molar-refractivity contribution in [3.05, 3.63) is 54.1 Å². The second-order valence-corrected chi connectivity index (χ2v) is 8.75. The maximum Gasteiger partial charge on any atom is 0.233 e. The third-order valence-electron chi connectivity index (χ3n) is 5.71. The minimum Gasteiger partial charge on any atom is -0.497 e. The van der Waals surface area contributed by atoms with Crippen molar-refractivity contribution in [1.82, 2.24) is 24.2 Å². The highest BCUT2D eigenvalue weighted by Crippen LogP contribution is 2.25. The van der Waals surface area contributed by atoms with E-state index in [1.807, 2.05) is 53.0 Å². The average molecular weight is 440 g/mol. The topological polar surface area (TPSA) is 65.2 Å². The fraction of sp³-hybridized carbons (Fsp3) is 0.435. The lowest BCUT2D eigenvalue weighted by Gasteiger charge is -2.20. The largest absolute Gasteiger partial charge is 0.497 e. The molecule has 0 aliphatic carbocycles. The molecule has 2 aromatic heterocycles. The molecule has 0 saturated carbocycles. The predicted molar refractivity (Wildman–Crippen MR) is 122 cm³/mol. The zero-order valence-corrected chi connectivity index (χ0v) is 19.0. The summed E-state index contributed by atoms with van der Waals surface area (Å²) < 4.78 is 9.44. The normalized spacial score (nSPS) is 14.5. The van der Waals surface area contributed by atoms with Crippen molar-refractivity contribution in [2.45, 2.75) is 37.3 Å². The third-order valence-corrected chi connectivity index (χ3v) is 6.62. The monoisotopic (exact) mass is 439 g/mol. The minimum atomic E-state index is 0.181. The van der Waals surface area contributed by atoms with Crippen molar-refractivity contribution >= 4 is 17.7 Å². The summed E-state index contributed by atoms with van der Waals surface area (Å²) in [4.78, 5) is 14.8. The van der Waals surface area contributed by atoms with Crippen LogP contribution in [0.25, 0.3) is 5.69 Å². The van der Waals surface area contributed by atoms with E-state index in [4.69, 9.17) is 4.74 Å². The number of benzene rings is 1. The molecule has 3 heterocycles. The first-order valence-corrected chi connectivity index (χ1v) is 11.7. The van der Waals surface area contributed by atoms with Gasteiger partial charge in [-0.3, -0.25) is 9.36 Å². The molecule has 1 aromatic carbocycles. The van der Waals surface area contributed by atoms with E-state index in [0.29, 0.717) is 12.2 Å². The number of carbonyl (C=O) groups excluding carboxylic acids is 1. The Balaban J connectivity index is 1.57. The smallest absolute Gasteiger partial charge is 0.233 e. The quantitative estimate of drug-likeness (QED) is 0.525. The van der Waals surface area contributed by atoms with Crippen LogP contribution in [0.1, 0.15) is 37.2 Å². The van der Waals surface area contributed by atoms with Crippen molar-refractivity contribution < 1.29 is 9.53 Å². The average Bonchev–Trinajstić information content (AvgIpc) is 3.27. The summed E-state index contributed by atoms with van der Waals surface area (Å²) in [5.41, 5.74) is 2.11. The zero-order valence-electron chi connectivity index (χ0n) is 18.2. The molecule has 0 spiro atoms. The van der Waals surface area contributed by atoms with E-state index in [1.165, 1.54) is 24.6 Å². The second-order valence-electron chi connectivity index (χ2n) is 7.80. The molecule has 1 amide bonds. The van der Waals surface area contributed by atoms with Crippen molar-refractivity contribution in [3.63, 3.8) is 0 Å². The van der Waals surface area contributed by atoms with E-state index >= 15 is 0 Å². The number of nitrogens with zero attached hydrogens (tertiary/aromatic N) is 5. The van der Waals surface area contributed by atoms with E-state index < -0.39 is 0 Å². The molecule has 1 fully saturated rings. The van der Waals surface area contributed by atoms with Gasteiger partial charge in [-0.15, -0.1) is 10.2 Å². The molecule has 1 aliphatic heterocycles. The Morgan fingerprint density at radius 3 is 2.45 bits per heavy atom. The van der Waals surface area contributed by atoms with Gasteiger partial charge in [-0.2, -0.15) is 0 Å². The highest BCUT2D eigenvalue weighted by atomic mass is 32.2. The highest BCUT2D eigenvalue weighted by Gasteiger charge is 2.20. The summed E-state index contributed by atoms with van der Waals surface area (Å²) >= 11 is 1.46. The summed E-state index contributed by atoms with van der Waals surface area (Å²) in [7, 11) is 3.68. The zero-order chi connectivity index (χ0) is 21.6. The maximum atomic E-state index is 12.8. The van der Waals surface area contributed by atoms with Gasteiger partial charge in [0.05, 0.1) is 12.9 Å². The van der Waals surface area contributed by atoms with Crippen LogP contribution >= 0.6 is 11.8 Å². The minimum absolute atomic E-state index is 0.181. The molecule has 0 unspecified atom stereocenters. The lowest BCUT2D eigenvalue weighted by atomic mass is 10.2. The van der Waals surface area contributed by atoms with Crippen LogP contribution in [0.2, 0.25) is 0 Å². The van der Waals surface area contributed by atoms with E-state index in [2.05, 4.69) is 20.8 Å². The van der Waals surface area contributed by atoms with Gasteiger partial charge in [0, 0.05) is 44.1 Å². The molecule has 1 aliphatic rings. The Bertz CT molecular complexity index is 1000. The van der Waals surface area contributed by atoms with E-state index in [-0.39, 0.29) is 5.91 Å². The first-order valence-electron chi connectivity index (χ1n) is 10.7. The predicted octanol–water partition coefficient (Wildman–Crippen LogP) is 3.70. The number of hydrogen-bond donors (Lipinski definition) is 0. The van der Waals surface area contributed by atoms with Crippen molar-refractivity contribution in [2.75, 3.05) is 26.0 Å². The van der Waals surface area contributed by atoms with E-state index in [9.17, 15) is 4.79 Å². The van der Waals surface area contributed by atoms with Crippen LogP contribution in [0.3, 0.4) is 0 Å². The third kappa shape index (κ3) is 5.12. The number of aromatic nitrogens is 4. The molecule has 4 rings (SSSR count). The molecule has 0 radical (unpaired) electrons. The Kier molecular flexibility index (Phi) is 6.96. The van der Waals surface area contributed by atoms with E-state index in [0.717, 1.165) is 54.0 Å². The molecule has 0 N–H and O–H groups in total. The Morgan fingerprint density at radius 2 is 1.81 bits per heavy atom. The van der Waals surface area contributed by atoms with Gasteiger partial charge < -0.3 is 14.2 Å². The molecule has 164 valence electrons. The van der Waals surface area contributed by atoms with Gasteiger partial charge in [-0.1, -0.05) is 24.6 Å². The summed E-state index contributed by atoms with van der Waals surface area (Å²) in [6.07, 6.45) is 7.30. The number of hydrogen-bond acceptors (Lipinski definition) is 5. The number of rotatable bonds is 7. The number of methoxy groups -OCH3 is 1. The molecular weight excluding hydrogens is 410 g/mol. The van der Waals surface area contributed by atoms with Crippen LogP contribution in [-0.4, -0.2) is 56.1 Å². The van der Waals surface area contributed by atoms with Crippen molar-refractivity contribution in [1.29, 1.82) is 0 Å². The standard InChI is InChI=1S/C23H29N5O2S/c1-26-13-7-8-19(26)16-21-24-25-23(28(21)18-9-11-20(30-2)12-10-18)31-17-22(29)27-14-5-3-4-6-15-27/h7-13H,3-6,14-17H2,1-2H3. The number of likely N-dealkylation sites (tertiary alicyclic amines) is 1. The SMILES string of the molecule is COc1ccc(-n2c(Cc3cccn3C)nnc2SCC(=O)N2CCCCCC2)cc1. The van der Waals surface area contributed by atoms with Crippen molar-refractivity contribution in [2.24, 2.45) is 7.05 Å². The molecule has 0 bridgehead atoms. The van der Waals surface area contributed by atoms with E-state index in [1.54, 1.807) is 7.11 Å². The van der Waals surface area contributed by atoms with Crippen LogP contribution < -0.4 is 4.74 Å². The van der Waals surface area contributed by atoms with Crippen LogP contribution in [0, 0.1) is 0 Å². The van der Waals surface area contributed by atoms with Gasteiger partial charge in [0.15, 0.2) is 5.16 Å². The molecule has 0 atom stereocenters. The number of thioether (sulfide) groups is 1. The Hall–Kier alpha value is -2.74. The lowest BCUT2D eigenvalue weighted by molar-refractivity contribution is -0.128. The van der Waals surface area contributed by atoms with Gasteiger partial charge in [0.25, 0.3) is 0 Å². The lowest BCUT2D eigenvalue weighted by Crippen LogP contribution is -2.33. The molecule has 7 nitrogen and oxygen atoms in total. The molecule has 8 heteroatoms. The summed E-state index contributed by atoms with van der Waals surface area (Å²) in [6.45, 7) is 1.73. The Morgan fingerprint density at radius 1 is 1.06 bits per heavy atom. The first kappa shape index (κ1) is 21.5. The second kappa shape index (κ2) is 10.0. The van der Waals surface area contributed by atoms with Gasteiger partial charge >= 0.3 is 0 Å². The first-order chi connectivity index (χ1) is 15.2. The fourth-order valence-electron chi connectivity index (χ4n) is 3.88. The summed E-state index contributed by atoms with van der Waals surface area (Å²) in [6, 6.07) is 12.0. The number of amides is 1. The van der Waals surface area contributed by atoms with Crippen LogP contribution in [0.4, 0.5) is 0 Å². The molecular formula is C23H29N5O2S. The van der Waals surface area contributed by atoms with Crippen LogP contribution in [0.5, 0.6) is 5.75 Å². The highest BCUT2D eigenvalue weighted by molar-refractivity contribution is 7.99. The maximum absolute atomic E-state index is 12.8. The Labute approximate surface area is 187 Å². The summed E-state index contributed by atoms with van der Waals surface area (Å²) in [5.74, 6) is 2.20. The number of carbonyl (C=O) groups is 1. The van der Waals surface area contributed by atoms with Gasteiger partial charge in [0.2, 0.25) is 5.91 Å². The number of ether oxygens (including phenoxy) is 1. The fourth-order valence-corrected chi connectivity index (χ4v) is 4.75. The van der Waals surface area contributed by atoms with Crippen LogP contribution in [-0.2, 0) is 18.3 Å². The van der Waals surface area contributed by atoms with Gasteiger partial charge in [0.1, 0.15) is 11.6 Å². The molecule has 1 saturated heterocycles.